The fourth-order valence-electron chi connectivity index (χ4n) is 2.63. The fourth-order valence-corrected chi connectivity index (χ4v) is 4.66. The van der Waals surface area contributed by atoms with Crippen molar-refractivity contribution in [3.63, 3.8) is 0 Å². The number of nitrogens with zero attached hydrogens (tertiary/aromatic N) is 4. The molecule has 1 fully saturated rings. The van der Waals surface area contributed by atoms with E-state index in [2.05, 4.69) is 23.8 Å². The van der Waals surface area contributed by atoms with Crippen LogP contribution in [0.15, 0.2) is 11.5 Å². The van der Waals surface area contributed by atoms with E-state index in [1.54, 1.807) is 6.26 Å². The number of nitrogen functional groups attached to an aromatic ring is 1. The first-order chi connectivity index (χ1) is 13.4. The number of aliphatic hydroxyl groups is 2. The second-order valence-electron chi connectivity index (χ2n) is 5.83. The van der Waals surface area contributed by atoms with E-state index in [-0.39, 0.29) is 106 Å². The number of phosphoric acid groups is 1. The Bertz CT molecular complexity index is 1020. The van der Waals surface area contributed by atoms with Gasteiger partial charge < -0.3 is 56.0 Å². The van der Waals surface area contributed by atoms with E-state index in [1.807, 2.05) is 0 Å². The van der Waals surface area contributed by atoms with Gasteiger partial charge in [-0.25, -0.2) is 15.0 Å². The molecular formula is C11H14BN5Na3O9P2S. The molecule has 1 aliphatic rings. The van der Waals surface area contributed by atoms with Gasteiger partial charge in [0.1, 0.15) is 23.8 Å². The summed E-state index contributed by atoms with van der Waals surface area (Å²) < 4.78 is 37.3. The fraction of sp³-hybridized carbons (Fsp3) is 0.545. The van der Waals surface area contributed by atoms with Crippen LogP contribution in [0.1, 0.15) is 6.23 Å². The summed E-state index contributed by atoms with van der Waals surface area (Å²) in [6, 6.07) is 0. The molecule has 0 spiro atoms. The van der Waals surface area contributed by atoms with Crippen molar-refractivity contribution in [3.05, 3.63) is 6.33 Å². The summed E-state index contributed by atoms with van der Waals surface area (Å²) >= 11 is 1.22. The molecule has 0 amide bonds. The standard InChI is InChI=1S/C11H16BN5O9P2S.3Na/c1-29-11-15-8(13)5-9(16-11)17(3-14-5)10-7(19)6(18)4(25-10)2-24-27(12,20)26-28(21,22)23;;;/h3-4,6-7,10,18-19H,2H2,1H3,(H2,13,15,16)(H2,21,22,23);;;/q-1;3*+1/p-2/t4-,6-,7-,10-,27-;;;/m1.../s1. The molecule has 159 valence electrons. The number of hydrogen-bond acceptors (Lipinski definition) is 14. The maximum absolute atomic E-state index is 11.7. The van der Waals surface area contributed by atoms with Crippen molar-refractivity contribution in [1.82, 2.24) is 19.5 Å². The van der Waals surface area contributed by atoms with E-state index < -0.39 is 46.4 Å². The van der Waals surface area contributed by atoms with Gasteiger partial charge in [-0.05, 0) is 6.26 Å². The average molecular weight is 534 g/mol. The Morgan fingerprint density at radius 1 is 1.28 bits per heavy atom. The van der Waals surface area contributed by atoms with Crippen LogP contribution in [0.25, 0.3) is 11.2 Å². The summed E-state index contributed by atoms with van der Waals surface area (Å²) in [6.45, 7) is -0.748. The maximum atomic E-state index is 11.7. The Kier molecular flexibility index (Phi) is 14.3. The largest absolute Gasteiger partial charge is 1.00 e. The van der Waals surface area contributed by atoms with Crippen LogP contribution in [0.4, 0.5) is 5.82 Å². The van der Waals surface area contributed by atoms with Crippen LogP contribution in [0, 0.1) is 0 Å². The van der Waals surface area contributed by atoms with Crippen LogP contribution < -0.4 is 104 Å². The number of ether oxygens (including phenoxy) is 1. The van der Waals surface area contributed by atoms with Gasteiger partial charge in [0.2, 0.25) is 0 Å². The second-order valence-corrected chi connectivity index (χ2v) is 9.49. The summed E-state index contributed by atoms with van der Waals surface area (Å²) in [6.07, 6.45) is -2.55. The normalized spacial score (nSPS) is 24.8. The number of hydrogen-bond donors (Lipinski definition) is 3. The molecule has 4 N–H and O–H groups in total. The number of imidazole rings is 1. The third kappa shape index (κ3) is 8.24. The maximum Gasteiger partial charge on any atom is 1.00 e. The molecule has 3 rings (SSSR count). The molecule has 14 nitrogen and oxygen atoms in total. The Morgan fingerprint density at radius 2 is 1.91 bits per heavy atom. The van der Waals surface area contributed by atoms with E-state index in [9.17, 15) is 29.1 Å². The van der Waals surface area contributed by atoms with Crippen LogP contribution in [0.3, 0.4) is 0 Å². The molecule has 32 heavy (non-hydrogen) atoms. The minimum Gasteiger partial charge on any atom is -0.790 e. The molecule has 5 atom stereocenters. The van der Waals surface area contributed by atoms with Gasteiger partial charge in [0.05, 0.1) is 28.2 Å². The molecule has 3 heterocycles. The van der Waals surface area contributed by atoms with Crippen molar-refractivity contribution in [2.45, 2.75) is 29.7 Å². The minimum atomic E-state index is -5.67. The van der Waals surface area contributed by atoms with Gasteiger partial charge in [-0.1, -0.05) is 11.8 Å². The molecule has 21 heteroatoms. The van der Waals surface area contributed by atoms with Crippen molar-refractivity contribution in [2.24, 2.45) is 0 Å². The smallest absolute Gasteiger partial charge is 0.790 e. The van der Waals surface area contributed by atoms with Gasteiger partial charge in [0.25, 0.3) is 0 Å². The summed E-state index contributed by atoms with van der Waals surface area (Å²) in [5.41, 5.74) is 6.31. The van der Waals surface area contributed by atoms with E-state index in [4.69, 9.17) is 18.0 Å². The Balaban J connectivity index is 0.00000320. The van der Waals surface area contributed by atoms with Gasteiger partial charge in [0, 0.05) is 0 Å². The summed E-state index contributed by atoms with van der Waals surface area (Å²) in [5.74, 6) is 0.104. The van der Waals surface area contributed by atoms with Crippen molar-refractivity contribution in [2.75, 3.05) is 18.6 Å². The molecule has 0 aromatic carbocycles. The Morgan fingerprint density at radius 3 is 2.47 bits per heavy atom. The van der Waals surface area contributed by atoms with Crippen molar-refractivity contribution in [1.29, 1.82) is 0 Å². The number of anilines is 1. The predicted molar refractivity (Wildman–Crippen MR) is 95.4 cm³/mol. The van der Waals surface area contributed by atoms with Gasteiger partial charge in [0.15, 0.2) is 22.8 Å². The molecule has 2 aromatic heterocycles. The van der Waals surface area contributed by atoms with Crippen LogP contribution in [-0.4, -0.2) is 68.5 Å². The number of fused-ring (bicyclic) bond motifs is 1. The first kappa shape index (κ1) is 33.9. The number of rotatable bonds is 7. The quantitative estimate of drug-likeness (QED) is 0.130. The van der Waals surface area contributed by atoms with Gasteiger partial charge in [-0.3, -0.25) is 4.57 Å². The summed E-state index contributed by atoms with van der Waals surface area (Å²) in [5, 5.41) is 20.9. The van der Waals surface area contributed by atoms with Crippen molar-refractivity contribution >= 4 is 51.6 Å². The first-order valence-corrected chi connectivity index (χ1v) is 12.0. The first-order valence-electron chi connectivity index (χ1n) is 7.74. The molecule has 0 aliphatic carbocycles. The van der Waals surface area contributed by atoms with Crippen LogP contribution in [-0.2, 0) is 22.7 Å². The zero-order valence-electron chi connectivity index (χ0n) is 17.6. The average Bonchev–Trinajstić information content (AvgIpc) is 3.13. The third-order valence-corrected chi connectivity index (χ3v) is 6.62. The molecule has 0 unspecified atom stereocenters. The number of aromatic nitrogens is 4. The number of thioether (sulfide) groups is 1. The monoisotopic (exact) mass is 534 g/mol. The van der Waals surface area contributed by atoms with E-state index >= 15 is 0 Å². The van der Waals surface area contributed by atoms with Crippen LogP contribution >= 0.6 is 27.1 Å². The molecule has 2 aromatic rings. The molecule has 0 saturated carbocycles. The zero-order valence-corrected chi connectivity index (χ0v) is 26.2. The third-order valence-electron chi connectivity index (χ3n) is 3.85. The Labute approximate surface area is 254 Å². The van der Waals surface area contributed by atoms with Crippen LogP contribution in [0.2, 0.25) is 0 Å². The van der Waals surface area contributed by atoms with E-state index in [0.717, 1.165) is 0 Å². The van der Waals surface area contributed by atoms with E-state index in [0.29, 0.717) is 5.16 Å². The van der Waals surface area contributed by atoms with E-state index in [1.165, 1.54) is 22.7 Å². The van der Waals surface area contributed by atoms with Gasteiger partial charge >= 0.3 is 88.7 Å². The molecule has 3 radical (unpaired) electrons. The van der Waals surface area contributed by atoms with Crippen molar-refractivity contribution < 1.29 is 131 Å². The summed E-state index contributed by atoms with van der Waals surface area (Å²) in [7, 11) is -5.44. The number of aliphatic hydroxyl groups excluding tert-OH is 2. The predicted octanol–water partition coefficient (Wildman–Crippen LogP) is -11.1. The minimum absolute atomic E-state index is 0. The van der Waals surface area contributed by atoms with Gasteiger partial charge in [-0.15, -0.1) is 0 Å². The van der Waals surface area contributed by atoms with Crippen LogP contribution in [0.5, 0.6) is 0 Å². The molecule has 1 saturated heterocycles. The molecular weight excluding hydrogens is 520 g/mol. The second kappa shape index (κ2) is 13.5. The topological polar surface area (TPSA) is 218 Å². The van der Waals surface area contributed by atoms with Gasteiger partial charge in [-0.2, -0.15) is 0 Å². The zero-order chi connectivity index (χ0) is 21.6. The SMILES string of the molecule is [B-][P@@](=O)(OC[C@H]1O[C@@H](n2cnc3c(N)nc(SC)nc32)[C@H](O)[C@@H]1O)OP(=O)([O-])[O-].[Na+].[Na+].[Na+]. The molecule has 0 bridgehead atoms. The Hall–Kier alpha value is 1.94. The van der Waals surface area contributed by atoms with Crippen molar-refractivity contribution in [3.8, 4) is 0 Å². The number of nitrogens with two attached hydrogens (primary N) is 1. The molecule has 1 aliphatic heterocycles. The summed E-state index contributed by atoms with van der Waals surface area (Å²) in [4.78, 5) is 33.4.